The van der Waals surface area contributed by atoms with Crippen molar-refractivity contribution in [2.75, 3.05) is 36.2 Å². The molecule has 0 saturated heterocycles. The summed E-state index contributed by atoms with van der Waals surface area (Å²) < 4.78 is 7.63. The monoisotopic (exact) mass is 646 g/mol. The molecule has 0 saturated carbocycles. The minimum Gasteiger partial charge on any atom is -0.404 e. The maximum atomic E-state index is 8.96. The maximum absolute atomic E-state index is 8.96. The van der Waals surface area contributed by atoms with E-state index >= 15 is 0 Å². The van der Waals surface area contributed by atoms with E-state index in [-0.39, 0.29) is 11.1 Å². The molecule has 0 unspecified atom stereocenters. The predicted molar refractivity (Wildman–Crippen MR) is 196 cm³/mol. The largest absolute Gasteiger partial charge is 0.404 e. The lowest BCUT2D eigenvalue weighted by atomic mass is 10.0. The number of hydrogen-bond donors (Lipinski definition) is 2. The molecule has 0 aliphatic heterocycles. The van der Waals surface area contributed by atoms with Gasteiger partial charge in [-0.25, -0.2) is 0 Å². The first-order valence-electron chi connectivity index (χ1n) is 17.1. The lowest BCUT2D eigenvalue weighted by Crippen LogP contribution is -2.67. The molecule has 2 N–H and O–H groups in total. The summed E-state index contributed by atoms with van der Waals surface area (Å²) in [4.78, 5) is 0. The Balaban J connectivity index is 2.04. The quantitative estimate of drug-likeness (QED) is 0.0790. The number of unbranched alkanes of at least 4 members (excludes halogenated alkanes) is 10. The van der Waals surface area contributed by atoms with Crippen LogP contribution in [0.4, 0.5) is 0 Å². The van der Waals surface area contributed by atoms with E-state index in [4.69, 9.17) is 14.6 Å². The summed E-state index contributed by atoms with van der Waals surface area (Å²) in [5.74, 6) is 4.10. The summed E-state index contributed by atoms with van der Waals surface area (Å²) in [7, 11) is -2.55. The van der Waals surface area contributed by atoms with Crippen molar-refractivity contribution < 1.29 is 14.6 Å². The van der Waals surface area contributed by atoms with Gasteiger partial charge in [0, 0.05) is 17.6 Å². The Kier molecular flexibility index (Phi) is 21.0. The average molecular weight is 647 g/mol. The van der Waals surface area contributed by atoms with Crippen LogP contribution in [0.1, 0.15) is 111 Å². The van der Waals surface area contributed by atoms with E-state index in [1.807, 2.05) is 23.5 Å². The van der Waals surface area contributed by atoms with Crippen molar-refractivity contribution in [2.45, 2.75) is 122 Å². The van der Waals surface area contributed by atoms with Crippen molar-refractivity contribution >= 4 is 42.2 Å². The molecule has 3 nitrogen and oxygen atoms in total. The van der Waals surface area contributed by atoms with Crippen LogP contribution >= 0.6 is 23.5 Å². The second kappa shape index (κ2) is 23.6. The van der Waals surface area contributed by atoms with Crippen LogP contribution in [0.25, 0.3) is 0 Å². The van der Waals surface area contributed by atoms with Gasteiger partial charge in [-0.2, -0.15) is 23.5 Å². The summed E-state index contributed by atoms with van der Waals surface area (Å²) in [6.45, 7) is 7.79. The molecule has 0 aliphatic rings. The zero-order valence-corrected chi connectivity index (χ0v) is 30.2. The lowest BCUT2D eigenvalue weighted by molar-refractivity contribution is 0.160. The van der Waals surface area contributed by atoms with Gasteiger partial charge in [0.25, 0.3) is 8.32 Å². The highest BCUT2D eigenvalue weighted by Gasteiger charge is 2.51. The predicted octanol–water partition coefficient (Wildman–Crippen LogP) is 8.84. The third-order valence-electron chi connectivity index (χ3n) is 8.36. The minimum atomic E-state index is -2.55. The molecular weight excluding hydrogens is 585 g/mol. The van der Waals surface area contributed by atoms with Crippen LogP contribution in [0.2, 0.25) is 5.04 Å². The molecule has 0 radical (unpaired) electrons. The summed E-state index contributed by atoms with van der Waals surface area (Å²) in [5.41, 5.74) is 0. The van der Waals surface area contributed by atoms with Gasteiger partial charge in [-0.05, 0) is 52.6 Å². The van der Waals surface area contributed by atoms with Gasteiger partial charge in [0.2, 0.25) is 0 Å². The van der Waals surface area contributed by atoms with Crippen LogP contribution in [0.5, 0.6) is 0 Å². The van der Waals surface area contributed by atoms with Gasteiger partial charge in [-0.3, -0.25) is 0 Å². The molecule has 2 rings (SSSR count). The molecule has 0 amide bonds. The molecule has 43 heavy (non-hydrogen) atoms. The van der Waals surface area contributed by atoms with Crippen molar-refractivity contribution in [2.24, 2.45) is 0 Å². The van der Waals surface area contributed by atoms with E-state index in [1.165, 1.54) is 98.9 Å². The zero-order chi connectivity index (χ0) is 31.1. The van der Waals surface area contributed by atoms with Crippen LogP contribution in [-0.2, 0) is 4.43 Å². The zero-order valence-electron chi connectivity index (χ0n) is 27.6. The van der Waals surface area contributed by atoms with Crippen molar-refractivity contribution in [3.63, 3.8) is 0 Å². The average Bonchev–Trinajstić information content (AvgIpc) is 3.01. The molecule has 0 aromatic heterocycles. The first-order valence-corrected chi connectivity index (χ1v) is 21.3. The number of rotatable bonds is 26. The molecule has 2 aromatic carbocycles. The summed E-state index contributed by atoms with van der Waals surface area (Å²) in [6, 6.07) is 22.3. The Labute approximate surface area is 274 Å². The molecule has 244 valence electrons. The molecule has 0 atom stereocenters. The smallest absolute Gasteiger partial charge is 0.261 e. The van der Waals surface area contributed by atoms with E-state index in [2.05, 4.69) is 81.4 Å². The Bertz CT molecular complexity index is 844. The molecule has 0 aliphatic carbocycles. The Hall–Kier alpha value is -0.763. The number of hydrogen-bond acceptors (Lipinski definition) is 5. The van der Waals surface area contributed by atoms with Gasteiger partial charge in [0.05, 0.1) is 13.2 Å². The van der Waals surface area contributed by atoms with Crippen LogP contribution in [0.3, 0.4) is 0 Å². The Morgan fingerprint density at radius 3 is 1.30 bits per heavy atom. The van der Waals surface area contributed by atoms with E-state index in [1.54, 1.807) is 0 Å². The number of thioether (sulfide) groups is 2. The number of benzene rings is 2. The normalized spacial score (nSPS) is 12.3. The second-order valence-corrected chi connectivity index (χ2v) is 19.6. The van der Waals surface area contributed by atoms with Gasteiger partial charge in [-0.1, -0.05) is 146 Å². The van der Waals surface area contributed by atoms with E-state index in [0.717, 1.165) is 24.3 Å². The third-order valence-corrected chi connectivity index (χ3v) is 15.6. The summed E-state index contributed by atoms with van der Waals surface area (Å²) in [6.07, 6.45) is 18.1. The highest BCUT2D eigenvalue weighted by atomic mass is 32.2. The Morgan fingerprint density at radius 1 is 0.558 bits per heavy atom. The fourth-order valence-corrected chi connectivity index (χ4v) is 12.3. The molecule has 0 fully saturated rings. The van der Waals surface area contributed by atoms with Gasteiger partial charge in [0.1, 0.15) is 0 Å². The topological polar surface area (TPSA) is 49.7 Å². The molecule has 2 aromatic rings. The lowest BCUT2D eigenvalue weighted by Gasteiger charge is -2.45. The first-order chi connectivity index (χ1) is 21.0. The standard InChI is InChI=1S/C37H62O3S2Si/c1-37(2,3)43(35-24-16-12-17-25-35,36-26-18-13-19-27-36)40-34(22-14-8-4-6-10-20-30-41-32-28-38)23-15-9-5-7-11-21-31-42-33-29-39/h12-13,16-19,24-27,34,38-39H,4-11,14-15,20-23,28-33H2,1-3H3. The molecule has 6 heteroatoms. The van der Waals surface area contributed by atoms with E-state index < -0.39 is 8.32 Å². The fourth-order valence-electron chi connectivity index (χ4n) is 6.10. The fraction of sp³-hybridized carbons (Fsp3) is 0.676. The van der Waals surface area contributed by atoms with Gasteiger partial charge in [-0.15, -0.1) is 0 Å². The first kappa shape index (κ1) is 38.4. The minimum absolute atomic E-state index is 0.00995. The number of aliphatic hydroxyl groups is 2. The van der Waals surface area contributed by atoms with Crippen molar-refractivity contribution in [3.05, 3.63) is 60.7 Å². The SMILES string of the molecule is CC(C)(C)[Si](OC(CCCCCCCCSCCO)CCCCCCCCSCCO)(c1ccccc1)c1ccccc1. The highest BCUT2D eigenvalue weighted by Crippen LogP contribution is 2.38. The van der Waals surface area contributed by atoms with Gasteiger partial charge < -0.3 is 14.6 Å². The molecule has 0 spiro atoms. The highest BCUT2D eigenvalue weighted by molar-refractivity contribution is 7.99. The maximum Gasteiger partial charge on any atom is 0.261 e. The summed E-state index contributed by atoms with van der Waals surface area (Å²) in [5, 5.41) is 20.7. The molecular formula is C37H62O3S2Si. The van der Waals surface area contributed by atoms with Crippen molar-refractivity contribution in [1.29, 1.82) is 0 Å². The second-order valence-electron chi connectivity index (χ2n) is 12.9. The van der Waals surface area contributed by atoms with Crippen LogP contribution < -0.4 is 10.4 Å². The van der Waals surface area contributed by atoms with Crippen LogP contribution in [-0.4, -0.2) is 60.9 Å². The van der Waals surface area contributed by atoms with E-state index in [9.17, 15) is 0 Å². The van der Waals surface area contributed by atoms with Gasteiger partial charge >= 0.3 is 0 Å². The van der Waals surface area contributed by atoms with Gasteiger partial charge in [0.15, 0.2) is 0 Å². The molecule has 0 bridgehead atoms. The van der Waals surface area contributed by atoms with Crippen LogP contribution in [0, 0.1) is 0 Å². The molecule has 0 heterocycles. The third kappa shape index (κ3) is 14.9. The Morgan fingerprint density at radius 2 is 0.930 bits per heavy atom. The number of aliphatic hydroxyl groups excluding tert-OH is 2. The summed E-state index contributed by atoms with van der Waals surface area (Å²) >= 11 is 3.75. The van der Waals surface area contributed by atoms with E-state index in [0.29, 0.717) is 13.2 Å². The van der Waals surface area contributed by atoms with Crippen molar-refractivity contribution in [3.8, 4) is 0 Å². The van der Waals surface area contributed by atoms with Crippen LogP contribution in [0.15, 0.2) is 60.7 Å². The van der Waals surface area contributed by atoms with Crippen molar-refractivity contribution in [1.82, 2.24) is 0 Å².